The number of esters is 1. The van der Waals surface area contributed by atoms with Gasteiger partial charge in [-0.15, -0.1) is 11.3 Å². The maximum Gasteiger partial charge on any atom is 0.338 e. The summed E-state index contributed by atoms with van der Waals surface area (Å²) in [6, 6.07) is 22.5. The van der Waals surface area contributed by atoms with E-state index in [-0.39, 0.29) is 24.6 Å². The lowest BCUT2D eigenvalue weighted by atomic mass is 9.97. The van der Waals surface area contributed by atoms with Crippen LogP contribution in [0.4, 0.5) is 4.39 Å². The van der Waals surface area contributed by atoms with Gasteiger partial charge in [0.05, 0.1) is 26.0 Å². The predicted octanol–water partition coefficient (Wildman–Crippen LogP) is 7.08. The van der Waals surface area contributed by atoms with Gasteiger partial charge in [-0.3, -0.25) is 9.36 Å². The predicted molar refractivity (Wildman–Crippen MR) is 183 cm³/mol. The number of hydrogen-bond donors (Lipinski definition) is 0. The molecule has 222 valence electrons. The van der Waals surface area contributed by atoms with Crippen molar-refractivity contribution in [1.82, 2.24) is 4.57 Å². The topological polar surface area (TPSA) is 69.9 Å². The number of ether oxygens (including phenoxy) is 2. The van der Waals surface area contributed by atoms with Crippen LogP contribution >= 0.6 is 61.2 Å². The molecule has 0 saturated carbocycles. The monoisotopic (exact) mass is 800 g/mol. The summed E-state index contributed by atoms with van der Waals surface area (Å²) in [7, 11) is 0. The van der Waals surface area contributed by atoms with Gasteiger partial charge >= 0.3 is 5.97 Å². The smallest absolute Gasteiger partial charge is 0.338 e. The molecule has 0 spiro atoms. The molecule has 2 aromatic heterocycles. The molecule has 6 rings (SSSR count). The van der Waals surface area contributed by atoms with Crippen LogP contribution in [0.25, 0.3) is 11.8 Å². The third-order valence-corrected chi connectivity index (χ3v) is 9.97. The Labute approximate surface area is 282 Å². The van der Waals surface area contributed by atoms with Crippen LogP contribution in [0.15, 0.2) is 104 Å². The van der Waals surface area contributed by atoms with Gasteiger partial charge in [-0.1, -0.05) is 75.8 Å². The molecule has 11 heteroatoms. The van der Waals surface area contributed by atoms with Crippen molar-refractivity contribution in [3.63, 3.8) is 0 Å². The lowest BCUT2D eigenvalue weighted by molar-refractivity contribution is -0.138. The second-order valence-corrected chi connectivity index (χ2v) is 13.7. The minimum Gasteiger partial charge on any atom is -0.487 e. The van der Waals surface area contributed by atoms with Crippen LogP contribution in [-0.2, 0) is 16.1 Å². The molecule has 0 radical (unpaired) electrons. The average Bonchev–Trinajstić information content (AvgIpc) is 3.65. The van der Waals surface area contributed by atoms with Crippen molar-refractivity contribution in [3.8, 4) is 5.75 Å². The number of halogens is 3. The maximum absolute atomic E-state index is 14.2. The number of carbonyl (C=O) groups excluding carboxylic acids is 1. The van der Waals surface area contributed by atoms with E-state index in [2.05, 4.69) is 38.5 Å². The highest BCUT2D eigenvalue weighted by atomic mass is 127. The number of thiazole rings is 1. The van der Waals surface area contributed by atoms with Gasteiger partial charge < -0.3 is 9.47 Å². The van der Waals surface area contributed by atoms with Gasteiger partial charge in [0.1, 0.15) is 24.2 Å². The molecule has 44 heavy (non-hydrogen) atoms. The Morgan fingerprint density at radius 3 is 2.59 bits per heavy atom. The van der Waals surface area contributed by atoms with E-state index < -0.39 is 12.0 Å². The third-order valence-electron chi connectivity index (χ3n) is 6.81. The Kier molecular flexibility index (Phi) is 9.26. The van der Waals surface area contributed by atoms with E-state index in [1.165, 1.54) is 34.8 Å². The second kappa shape index (κ2) is 13.3. The summed E-state index contributed by atoms with van der Waals surface area (Å²) in [5.41, 5.74) is 2.78. The van der Waals surface area contributed by atoms with E-state index in [0.29, 0.717) is 31.9 Å². The standard InChI is InChI=1S/C33H23BrFIN2O4S2/c1-2-41-32(40)27-28(20-7-4-3-5-8-20)37-33-38(29(27)25-9-6-14-43-25)31(39)26(44-33)16-21-15-22(34)17-24(36)30(21)42-18-19-10-12-23(35)13-11-19/h3-17,29H,2,18H2,1H3/b26-16-/t29-/m0/s1. The van der Waals surface area contributed by atoms with Gasteiger partial charge in [-0.05, 0) is 76.9 Å². The Balaban J connectivity index is 1.53. The zero-order valence-electron chi connectivity index (χ0n) is 23.1. The molecule has 1 atom stereocenters. The number of nitrogens with zero attached hydrogens (tertiary/aromatic N) is 2. The number of carbonyl (C=O) groups is 1. The first-order valence-electron chi connectivity index (χ1n) is 13.5. The molecule has 0 fully saturated rings. The average molecular weight is 801 g/mol. The van der Waals surface area contributed by atoms with Crippen molar-refractivity contribution in [3.05, 3.63) is 145 Å². The molecule has 1 aliphatic rings. The van der Waals surface area contributed by atoms with Crippen LogP contribution in [0.2, 0.25) is 0 Å². The highest BCUT2D eigenvalue weighted by Gasteiger charge is 2.35. The van der Waals surface area contributed by atoms with Crippen LogP contribution < -0.4 is 19.6 Å². The molecule has 1 aliphatic heterocycles. The van der Waals surface area contributed by atoms with Crippen molar-refractivity contribution in [2.75, 3.05) is 6.61 Å². The van der Waals surface area contributed by atoms with E-state index in [1.54, 1.807) is 29.7 Å². The van der Waals surface area contributed by atoms with Crippen LogP contribution in [0, 0.1) is 9.39 Å². The first-order chi connectivity index (χ1) is 21.3. The van der Waals surface area contributed by atoms with Gasteiger partial charge in [0.2, 0.25) is 0 Å². The highest BCUT2D eigenvalue weighted by Crippen LogP contribution is 2.37. The normalized spacial score (nSPS) is 14.7. The van der Waals surface area contributed by atoms with Crippen LogP contribution in [0.1, 0.15) is 34.5 Å². The summed E-state index contributed by atoms with van der Waals surface area (Å²) in [6.45, 7) is 2.17. The van der Waals surface area contributed by atoms with E-state index in [0.717, 1.165) is 24.0 Å². The molecule has 0 bridgehead atoms. The number of rotatable bonds is 8. The number of aromatic nitrogens is 1. The Hall–Kier alpha value is -3.39. The Bertz CT molecular complexity index is 2060. The fraction of sp³-hybridized carbons (Fsp3) is 0.121. The largest absolute Gasteiger partial charge is 0.487 e. The first kappa shape index (κ1) is 30.6. The minimum atomic E-state index is -0.709. The highest BCUT2D eigenvalue weighted by molar-refractivity contribution is 14.1. The van der Waals surface area contributed by atoms with E-state index in [9.17, 15) is 14.0 Å². The quantitative estimate of drug-likeness (QED) is 0.124. The fourth-order valence-corrected chi connectivity index (χ4v) is 8.40. The summed E-state index contributed by atoms with van der Waals surface area (Å²) < 4.78 is 28.8. The second-order valence-electron chi connectivity index (χ2n) is 9.67. The summed E-state index contributed by atoms with van der Waals surface area (Å²) in [5.74, 6) is -0.234. The van der Waals surface area contributed by atoms with E-state index >= 15 is 0 Å². The molecule has 0 unspecified atom stereocenters. The maximum atomic E-state index is 14.2. The minimum absolute atomic E-state index is 0.189. The van der Waals surface area contributed by atoms with E-state index in [4.69, 9.17) is 14.5 Å². The zero-order valence-corrected chi connectivity index (χ0v) is 28.5. The van der Waals surface area contributed by atoms with Gasteiger partial charge in [0.25, 0.3) is 5.56 Å². The van der Waals surface area contributed by atoms with Crippen molar-refractivity contribution in [2.24, 2.45) is 4.99 Å². The molecule has 0 N–H and O–H groups in total. The summed E-state index contributed by atoms with van der Waals surface area (Å²) in [5, 5.41) is 1.92. The fourth-order valence-electron chi connectivity index (χ4n) is 4.87. The van der Waals surface area contributed by atoms with Crippen molar-refractivity contribution in [1.29, 1.82) is 0 Å². The molecule has 3 aromatic carbocycles. The van der Waals surface area contributed by atoms with E-state index in [1.807, 2.05) is 60.0 Å². The van der Waals surface area contributed by atoms with Gasteiger partial charge in [0, 0.05) is 20.5 Å². The molecule has 0 aliphatic carbocycles. The number of thiophene rings is 1. The first-order valence-corrected chi connectivity index (χ1v) is 17.1. The molecule has 6 nitrogen and oxygen atoms in total. The molecular formula is C33H23BrFIN2O4S2. The number of hydrogen-bond acceptors (Lipinski definition) is 7. The summed E-state index contributed by atoms with van der Waals surface area (Å²) in [4.78, 5) is 33.9. The lowest BCUT2D eigenvalue weighted by Crippen LogP contribution is -2.39. The Morgan fingerprint density at radius 2 is 1.89 bits per heavy atom. The van der Waals surface area contributed by atoms with Gasteiger partial charge in [-0.2, -0.15) is 0 Å². The molecule has 0 amide bonds. The molecular weight excluding hydrogens is 778 g/mol. The number of fused-ring (bicyclic) bond motifs is 1. The molecule has 3 heterocycles. The Morgan fingerprint density at radius 1 is 1.11 bits per heavy atom. The summed E-state index contributed by atoms with van der Waals surface area (Å²) >= 11 is 8.48. The molecule has 5 aromatic rings. The lowest BCUT2D eigenvalue weighted by Gasteiger charge is -2.24. The van der Waals surface area contributed by atoms with Crippen LogP contribution in [-0.4, -0.2) is 17.1 Å². The van der Waals surface area contributed by atoms with Crippen LogP contribution in [0.5, 0.6) is 5.75 Å². The van der Waals surface area contributed by atoms with Crippen LogP contribution in [0.3, 0.4) is 0 Å². The van der Waals surface area contributed by atoms with Crippen molar-refractivity contribution in [2.45, 2.75) is 19.6 Å². The molecule has 0 saturated heterocycles. The summed E-state index contributed by atoms with van der Waals surface area (Å²) in [6.07, 6.45) is 1.79. The third kappa shape index (κ3) is 6.23. The zero-order chi connectivity index (χ0) is 30.8. The SMILES string of the molecule is CCOC(=O)C1=C(c2ccccc2)N=c2s/c(=C\c3cc(Br)cc(I)c3OCc3ccc(F)cc3)c(=O)n2[C@H]1c1cccs1. The van der Waals surface area contributed by atoms with Crippen molar-refractivity contribution < 1.29 is 18.7 Å². The van der Waals surface area contributed by atoms with Gasteiger partial charge in [0.15, 0.2) is 4.80 Å². The van der Waals surface area contributed by atoms with Gasteiger partial charge in [-0.25, -0.2) is 14.2 Å². The van der Waals surface area contributed by atoms with Crippen molar-refractivity contribution >= 4 is 78.9 Å². The number of benzene rings is 3.